The van der Waals surface area contributed by atoms with Gasteiger partial charge in [0.2, 0.25) is 5.91 Å². The molecule has 2 aromatic rings. The summed E-state index contributed by atoms with van der Waals surface area (Å²) in [6, 6.07) is 7.86. The summed E-state index contributed by atoms with van der Waals surface area (Å²) in [5.74, 6) is -1.55. The number of carbonyl (C=O) groups excluding carboxylic acids is 1. The fourth-order valence-corrected chi connectivity index (χ4v) is 3.88. The van der Waals surface area contributed by atoms with Gasteiger partial charge in [0.15, 0.2) is 0 Å². The van der Waals surface area contributed by atoms with Gasteiger partial charge in [-0.05, 0) is 41.1 Å². The highest BCUT2D eigenvalue weighted by atomic mass is 32.1. The molecule has 0 spiro atoms. The van der Waals surface area contributed by atoms with Gasteiger partial charge in [0, 0.05) is 17.8 Å². The number of thiophene rings is 1. The highest BCUT2D eigenvalue weighted by molar-refractivity contribution is 7.10. The fourth-order valence-electron chi connectivity index (χ4n) is 2.98. The number of carbonyl (C=O) groups is 2. The highest BCUT2D eigenvalue weighted by Gasteiger charge is 2.32. The number of amides is 1. The third-order valence-corrected chi connectivity index (χ3v) is 5.00. The lowest BCUT2D eigenvalue weighted by Crippen LogP contribution is -2.40. The maximum atomic E-state index is 13.6. The molecule has 1 atom stereocenters. The quantitative estimate of drug-likeness (QED) is 0.934. The smallest absolute Gasteiger partial charge is 0.303 e. The summed E-state index contributed by atoms with van der Waals surface area (Å²) in [5, 5.41) is 10.8. The minimum absolute atomic E-state index is 0.0411. The van der Waals surface area contributed by atoms with E-state index in [0.29, 0.717) is 12.1 Å². The number of fused-ring (bicyclic) bond motifs is 1. The number of hydrogen-bond acceptors (Lipinski definition) is 3. The number of carboxylic acids is 1. The predicted molar refractivity (Wildman–Crippen MR) is 84.8 cm³/mol. The maximum absolute atomic E-state index is 13.6. The van der Waals surface area contributed by atoms with Crippen molar-refractivity contribution >= 4 is 23.2 Å². The van der Waals surface area contributed by atoms with Crippen molar-refractivity contribution in [1.82, 2.24) is 4.90 Å². The largest absolute Gasteiger partial charge is 0.481 e. The molecule has 0 aliphatic carbocycles. The van der Waals surface area contributed by atoms with E-state index in [9.17, 15) is 14.0 Å². The lowest BCUT2D eigenvalue weighted by Gasteiger charge is -2.36. The van der Waals surface area contributed by atoms with Crippen molar-refractivity contribution < 1.29 is 19.1 Å². The number of carboxylic acid groups (broad SMARTS) is 1. The molecule has 0 bridgehead atoms. The summed E-state index contributed by atoms with van der Waals surface area (Å²) in [7, 11) is 0. The van der Waals surface area contributed by atoms with Crippen LogP contribution >= 0.6 is 11.3 Å². The maximum Gasteiger partial charge on any atom is 0.303 e. The van der Waals surface area contributed by atoms with E-state index in [1.165, 1.54) is 17.0 Å². The zero-order valence-electron chi connectivity index (χ0n) is 12.4. The van der Waals surface area contributed by atoms with Crippen LogP contribution in [0.1, 0.15) is 34.9 Å². The first-order chi connectivity index (χ1) is 11.1. The van der Waals surface area contributed by atoms with E-state index in [1.807, 2.05) is 11.4 Å². The van der Waals surface area contributed by atoms with E-state index >= 15 is 0 Å². The fraction of sp³-hybridized carbons (Fsp3) is 0.294. The molecular weight excluding hydrogens is 317 g/mol. The average molecular weight is 333 g/mol. The van der Waals surface area contributed by atoms with Crippen LogP contribution in [0.4, 0.5) is 4.39 Å². The Labute approximate surface area is 137 Å². The van der Waals surface area contributed by atoms with Gasteiger partial charge >= 0.3 is 5.97 Å². The Kier molecular flexibility index (Phi) is 4.43. The van der Waals surface area contributed by atoms with Gasteiger partial charge in [0.05, 0.1) is 12.5 Å². The summed E-state index contributed by atoms with van der Waals surface area (Å²) in [5.41, 5.74) is 1.73. The molecule has 23 heavy (non-hydrogen) atoms. The zero-order valence-corrected chi connectivity index (χ0v) is 13.2. The second-order valence-corrected chi connectivity index (χ2v) is 6.49. The normalized spacial score (nSPS) is 16.9. The molecule has 6 heteroatoms. The van der Waals surface area contributed by atoms with Gasteiger partial charge in [-0.1, -0.05) is 12.1 Å². The Bertz CT molecular complexity index is 743. The summed E-state index contributed by atoms with van der Waals surface area (Å²) < 4.78 is 13.6. The molecule has 1 aliphatic heterocycles. The van der Waals surface area contributed by atoms with E-state index in [-0.39, 0.29) is 30.6 Å². The summed E-state index contributed by atoms with van der Waals surface area (Å²) >= 11 is 1.63. The van der Waals surface area contributed by atoms with E-state index in [0.717, 1.165) is 12.0 Å². The summed E-state index contributed by atoms with van der Waals surface area (Å²) in [6.07, 6.45) is 0.514. The van der Waals surface area contributed by atoms with E-state index in [1.54, 1.807) is 28.4 Å². The molecule has 1 N–H and O–H groups in total. The number of rotatable bonds is 4. The van der Waals surface area contributed by atoms with Crippen molar-refractivity contribution in [3.8, 4) is 0 Å². The first-order valence-corrected chi connectivity index (χ1v) is 8.27. The Hall–Kier alpha value is -2.21. The Morgan fingerprint density at radius 1 is 1.30 bits per heavy atom. The molecule has 120 valence electrons. The van der Waals surface area contributed by atoms with Gasteiger partial charge in [-0.25, -0.2) is 4.39 Å². The molecule has 1 amide bonds. The van der Waals surface area contributed by atoms with Crippen LogP contribution in [-0.2, 0) is 16.0 Å². The number of hydrogen-bond donors (Lipinski definition) is 1. The standard InChI is InChI=1S/C17H16FNO3S/c18-12-3-1-2-11(10-12)17-13-7-9-23-14(13)6-8-19(17)15(20)4-5-16(21)22/h1-3,7,9-10,17H,4-6,8H2,(H,21,22). The Morgan fingerprint density at radius 3 is 2.87 bits per heavy atom. The van der Waals surface area contributed by atoms with Crippen LogP contribution in [0.15, 0.2) is 35.7 Å². The minimum atomic E-state index is -0.992. The number of halogens is 1. The summed E-state index contributed by atoms with van der Waals surface area (Å²) in [4.78, 5) is 26.1. The van der Waals surface area contributed by atoms with E-state index < -0.39 is 5.97 Å². The Balaban J connectivity index is 1.95. The topological polar surface area (TPSA) is 57.6 Å². The van der Waals surface area contributed by atoms with Crippen LogP contribution in [0.3, 0.4) is 0 Å². The first kappa shape index (κ1) is 15.7. The molecule has 2 heterocycles. The molecule has 1 unspecified atom stereocenters. The minimum Gasteiger partial charge on any atom is -0.481 e. The molecule has 3 rings (SSSR count). The van der Waals surface area contributed by atoms with Crippen molar-refractivity contribution in [1.29, 1.82) is 0 Å². The van der Waals surface area contributed by atoms with Crippen molar-refractivity contribution in [2.24, 2.45) is 0 Å². The molecular formula is C17H16FNO3S. The Morgan fingerprint density at radius 2 is 2.13 bits per heavy atom. The van der Waals surface area contributed by atoms with Crippen molar-refractivity contribution in [2.75, 3.05) is 6.54 Å². The molecule has 4 nitrogen and oxygen atoms in total. The van der Waals surface area contributed by atoms with Crippen molar-refractivity contribution in [2.45, 2.75) is 25.3 Å². The van der Waals surface area contributed by atoms with Crippen LogP contribution in [0, 0.1) is 5.82 Å². The van der Waals surface area contributed by atoms with Crippen molar-refractivity contribution in [3.63, 3.8) is 0 Å². The zero-order chi connectivity index (χ0) is 16.4. The van der Waals surface area contributed by atoms with Gasteiger partial charge < -0.3 is 10.0 Å². The monoisotopic (exact) mass is 333 g/mol. The van der Waals surface area contributed by atoms with Gasteiger partial charge in [0.1, 0.15) is 5.82 Å². The van der Waals surface area contributed by atoms with Crippen molar-refractivity contribution in [3.05, 3.63) is 57.5 Å². The SMILES string of the molecule is O=C(O)CCC(=O)N1CCc2sccc2C1c1cccc(F)c1. The molecule has 0 fully saturated rings. The average Bonchev–Trinajstić information content (AvgIpc) is 3.00. The van der Waals surface area contributed by atoms with Gasteiger partial charge in [-0.2, -0.15) is 0 Å². The van der Waals surface area contributed by atoms with Gasteiger partial charge in [-0.3, -0.25) is 9.59 Å². The third kappa shape index (κ3) is 3.27. The lowest BCUT2D eigenvalue weighted by atomic mass is 9.93. The molecule has 0 saturated carbocycles. The number of nitrogens with zero attached hydrogens (tertiary/aromatic N) is 1. The van der Waals surface area contributed by atoms with Crippen LogP contribution < -0.4 is 0 Å². The second-order valence-electron chi connectivity index (χ2n) is 5.49. The van der Waals surface area contributed by atoms with Crippen LogP contribution in [0.25, 0.3) is 0 Å². The van der Waals surface area contributed by atoms with Crippen LogP contribution in [0.5, 0.6) is 0 Å². The molecule has 0 saturated heterocycles. The predicted octanol–water partition coefficient (Wildman–Crippen LogP) is 3.23. The molecule has 1 aromatic carbocycles. The summed E-state index contributed by atoms with van der Waals surface area (Å²) in [6.45, 7) is 0.521. The molecule has 1 aromatic heterocycles. The number of aliphatic carboxylic acids is 1. The van der Waals surface area contributed by atoms with E-state index in [2.05, 4.69) is 0 Å². The van der Waals surface area contributed by atoms with Gasteiger partial charge in [-0.15, -0.1) is 11.3 Å². The first-order valence-electron chi connectivity index (χ1n) is 7.39. The van der Waals surface area contributed by atoms with Crippen LogP contribution in [-0.4, -0.2) is 28.4 Å². The lowest BCUT2D eigenvalue weighted by molar-refractivity contribution is -0.141. The second kappa shape index (κ2) is 6.50. The van der Waals surface area contributed by atoms with Crippen LogP contribution in [0.2, 0.25) is 0 Å². The third-order valence-electron chi connectivity index (χ3n) is 4.00. The highest BCUT2D eigenvalue weighted by Crippen LogP contribution is 2.38. The molecule has 0 radical (unpaired) electrons. The number of benzene rings is 1. The van der Waals surface area contributed by atoms with Gasteiger partial charge in [0.25, 0.3) is 0 Å². The molecule has 1 aliphatic rings. The van der Waals surface area contributed by atoms with E-state index in [4.69, 9.17) is 5.11 Å².